The molecule has 0 radical (unpaired) electrons. The summed E-state index contributed by atoms with van der Waals surface area (Å²) in [5.74, 6) is -0.119. The van der Waals surface area contributed by atoms with Crippen LogP contribution in [0.3, 0.4) is 0 Å². The summed E-state index contributed by atoms with van der Waals surface area (Å²) >= 11 is 0. The summed E-state index contributed by atoms with van der Waals surface area (Å²) in [6, 6.07) is 9.97. The van der Waals surface area contributed by atoms with Gasteiger partial charge in [0.1, 0.15) is 11.6 Å². The zero-order valence-electron chi connectivity index (χ0n) is 14.1. The second-order valence-corrected chi connectivity index (χ2v) is 5.95. The fraction of sp³-hybridized carbons (Fsp3) is 0.278. The third kappa shape index (κ3) is 3.26. The number of nitrogens with zero attached hydrogens (tertiary/aromatic N) is 1. The molecule has 0 amide bonds. The van der Waals surface area contributed by atoms with Crippen LogP contribution in [0.2, 0.25) is 0 Å². The number of aryl methyl sites for hydroxylation is 1. The molecule has 25 heavy (non-hydrogen) atoms. The summed E-state index contributed by atoms with van der Waals surface area (Å²) in [5, 5.41) is 3.00. The number of nitrogens with two attached hydrogens (primary N) is 1. The number of carbonyl (C=O) groups excluding carboxylic acids is 1. The Balaban J connectivity index is 2.04. The summed E-state index contributed by atoms with van der Waals surface area (Å²) in [7, 11) is 1.35. The summed E-state index contributed by atoms with van der Waals surface area (Å²) in [5.41, 5.74) is 8.42. The van der Waals surface area contributed by atoms with Gasteiger partial charge in [0.15, 0.2) is 0 Å². The summed E-state index contributed by atoms with van der Waals surface area (Å²) in [6.07, 6.45) is 1.38. The Morgan fingerprint density at radius 3 is 2.72 bits per heavy atom. The molecule has 7 nitrogen and oxygen atoms in total. The molecule has 1 aliphatic heterocycles. The Morgan fingerprint density at radius 1 is 1.32 bits per heavy atom. The summed E-state index contributed by atoms with van der Waals surface area (Å²) in [6.45, 7) is 1.77. The van der Waals surface area contributed by atoms with Crippen LogP contribution in [-0.4, -0.2) is 23.0 Å². The first kappa shape index (κ1) is 16.8. The van der Waals surface area contributed by atoms with Gasteiger partial charge in [-0.3, -0.25) is 4.98 Å². The van der Waals surface area contributed by atoms with Crippen molar-refractivity contribution >= 4 is 17.6 Å². The second kappa shape index (κ2) is 6.80. The van der Waals surface area contributed by atoms with Crippen LogP contribution in [-0.2, 0) is 16.0 Å². The monoisotopic (exact) mass is 340 g/mol. The van der Waals surface area contributed by atoms with Crippen molar-refractivity contribution in [1.82, 2.24) is 9.97 Å². The number of H-pyrrole nitrogens is 1. The van der Waals surface area contributed by atoms with Crippen molar-refractivity contribution in [1.29, 1.82) is 0 Å². The van der Waals surface area contributed by atoms with Gasteiger partial charge in [-0.2, -0.15) is 4.98 Å². The quantitative estimate of drug-likeness (QED) is 0.734. The molecule has 1 unspecified atom stereocenters. The van der Waals surface area contributed by atoms with Gasteiger partial charge in [0, 0.05) is 17.2 Å². The van der Waals surface area contributed by atoms with Crippen LogP contribution in [0.15, 0.2) is 46.4 Å². The molecule has 1 aromatic carbocycles. The lowest BCUT2D eigenvalue weighted by Crippen LogP contribution is -2.28. The molecule has 7 heteroatoms. The minimum Gasteiger partial charge on any atom is -0.466 e. The van der Waals surface area contributed by atoms with E-state index in [1.807, 2.05) is 30.3 Å². The van der Waals surface area contributed by atoms with Crippen LogP contribution in [0.1, 0.15) is 30.4 Å². The van der Waals surface area contributed by atoms with Crippen molar-refractivity contribution in [2.24, 2.45) is 0 Å². The maximum absolute atomic E-state index is 12.3. The Kier molecular flexibility index (Phi) is 4.56. The molecule has 1 aliphatic rings. The number of carbonyl (C=O) groups is 1. The van der Waals surface area contributed by atoms with Gasteiger partial charge in [0.25, 0.3) is 0 Å². The van der Waals surface area contributed by atoms with Gasteiger partial charge >= 0.3 is 11.7 Å². The lowest BCUT2D eigenvalue weighted by Gasteiger charge is -2.29. The molecule has 0 aliphatic carbocycles. The van der Waals surface area contributed by atoms with Crippen molar-refractivity contribution < 1.29 is 9.53 Å². The smallest absolute Gasteiger partial charge is 0.348 e. The van der Waals surface area contributed by atoms with E-state index in [0.29, 0.717) is 29.1 Å². The fourth-order valence-electron chi connectivity index (χ4n) is 3.25. The molecule has 0 spiro atoms. The Morgan fingerprint density at radius 2 is 2.04 bits per heavy atom. The number of aromatic amines is 1. The number of nitrogen functional groups attached to an aromatic ring is 1. The molecular formula is C18H20N4O3. The number of methoxy groups -OCH3 is 1. The van der Waals surface area contributed by atoms with Crippen molar-refractivity contribution in [3.05, 3.63) is 63.2 Å². The highest BCUT2D eigenvalue weighted by Crippen LogP contribution is 2.41. The van der Waals surface area contributed by atoms with E-state index in [0.717, 1.165) is 12.0 Å². The van der Waals surface area contributed by atoms with Gasteiger partial charge in [-0.15, -0.1) is 0 Å². The highest BCUT2D eigenvalue weighted by atomic mass is 16.5. The SMILES string of the molecule is COC(=O)C1=C(C)Nc2nc(=O)[nH]c(N)c2C1CCc1ccccc1. The standard InChI is InChI=1S/C18H20N4O3/c1-10-13(17(23)25-2)12(9-8-11-6-4-3-5-7-11)14-15(19)21-18(24)22-16(14)20-10/h3-7,12H,8-9H2,1-2H3,(H4,19,20,21,22,24). The molecule has 2 aromatic rings. The van der Waals surface area contributed by atoms with Gasteiger partial charge < -0.3 is 15.8 Å². The normalized spacial score (nSPS) is 16.2. The largest absolute Gasteiger partial charge is 0.466 e. The number of anilines is 2. The number of nitrogens with one attached hydrogen (secondary N) is 2. The average molecular weight is 340 g/mol. The first-order valence-corrected chi connectivity index (χ1v) is 8.01. The van der Waals surface area contributed by atoms with E-state index in [1.54, 1.807) is 6.92 Å². The van der Waals surface area contributed by atoms with E-state index >= 15 is 0 Å². The average Bonchev–Trinajstić information content (AvgIpc) is 2.59. The zero-order chi connectivity index (χ0) is 18.0. The molecule has 130 valence electrons. The van der Waals surface area contributed by atoms with Crippen molar-refractivity contribution in [3.63, 3.8) is 0 Å². The molecule has 0 bridgehead atoms. The minimum atomic E-state index is -0.528. The fourth-order valence-corrected chi connectivity index (χ4v) is 3.25. The number of ether oxygens (including phenoxy) is 1. The van der Waals surface area contributed by atoms with Crippen LogP contribution in [0, 0.1) is 0 Å². The Bertz CT molecular complexity index is 887. The number of allylic oxidation sites excluding steroid dienone is 1. The predicted molar refractivity (Wildman–Crippen MR) is 95.1 cm³/mol. The number of hydrogen-bond donors (Lipinski definition) is 3. The molecular weight excluding hydrogens is 320 g/mol. The van der Waals surface area contributed by atoms with Gasteiger partial charge in [-0.25, -0.2) is 9.59 Å². The number of rotatable bonds is 4. The molecule has 4 N–H and O–H groups in total. The van der Waals surface area contributed by atoms with Crippen molar-refractivity contribution in [3.8, 4) is 0 Å². The van der Waals surface area contributed by atoms with Gasteiger partial charge in [-0.1, -0.05) is 30.3 Å². The van der Waals surface area contributed by atoms with Gasteiger partial charge in [-0.05, 0) is 25.3 Å². The van der Waals surface area contributed by atoms with E-state index in [2.05, 4.69) is 15.3 Å². The molecule has 1 atom stereocenters. The second-order valence-electron chi connectivity index (χ2n) is 5.95. The maximum Gasteiger partial charge on any atom is 0.348 e. The lowest BCUT2D eigenvalue weighted by atomic mass is 9.83. The Labute approximate surface area is 144 Å². The van der Waals surface area contributed by atoms with Crippen LogP contribution in [0.25, 0.3) is 0 Å². The van der Waals surface area contributed by atoms with Crippen molar-refractivity contribution in [2.75, 3.05) is 18.2 Å². The third-order valence-corrected chi connectivity index (χ3v) is 4.38. The molecule has 2 heterocycles. The van der Waals surface area contributed by atoms with E-state index < -0.39 is 11.7 Å². The first-order valence-electron chi connectivity index (χ1n) is 8.01. The number of benzene rings is 1. The van der Waals surface area contributed by atoms with E-state index in [1.165, 1.54) is 7.11 Å². The topological polar surface area (TPSA) is 110 Å². The number of hydrogen-bond acceptors (Lipinski definition) is 6. The van der Waals surface area contributed by atoms with E-state index in [9.17, 15) is 9.59 Å². The highest BCUT2D eigenvalue weighted by Gasteiger charge is 2.34. The molecule has 1 aromatic heterocycles. The highest BCUT2D eigenvalue weighted by molar-refractivity contribution is 5.93. The number of aromatic nitrogens is 2. The van der Waals surface area contributed by atoms with Gasteiger partial charge in [0.05, 0.1) is 12.7 Å². The summed E-state index contributed by atoms with van der Waals surface area (Å²) in [4.78, 5) is 30.4. The van der Waals surface area contributed by atoms with E-state index in [-0.39, 0.29) is 11.7 Å². The number of esters is 1. The van der Waals surface area contributed by atoms with Crippen LogP contribution < -0.4 is 16.7 Å². The zero-order valence-corrected chi connectivity index (χ0v) is 14.1. The predicted octanol–water partition coefficient (Wildman–Crippen LogP) is 1.94. The summed E-state index contributed by atoms with van der Waals surface area (Å²) < 4.78 is 4.95. The molecule has 0 fully saturated rings. The van der Waals surface area contributed by atoms with Crippen LogP contribution >= 0.6 is 0 Å². The maximum atomic E-state index is 12.3. The van der Waals surface area contributed by atoms with Crippen molar-refractivity contribution in [2.45, 2.75) is 25.7 Å². The van der Waals surface area contributed by atoms with Gasteiger partial charge in [0.2, 0.25) is 0 Å². The first-order chi connectivity index (χ1) is 12.0. The number of fused-ring (bicyclic) bond motifs is 1. The van der Waals surface area contributed by atoms with E-state index in [4.69, 9.17) is 10.5 Å². The molecule has 3 rings (SSSR count). The molecule has 0 saturated heterocycles. The lowest BCUT2D eigenvalue weighted by molar-refractivity contribution is -0.136. The third-order valence-electron chi connectivity index (χ3n) is 4.38. The van der Waals surface area contributed by atoms with Crippen LogP contribution in [0.4, 0.5) is 11.6 Å². The van der Waals surface area contributed by atoms with Crippen LogP contribution in [0.5, 0.6) is 0 Å². The molecule has 0 saturated carbocycles. The minimum absolute atomic E-state index is 0.217. The Hall–Kier alpha value is -3.09.